The van der Waals surface area contributed by atoms with Crippen molar-refractivity contribution in [3.63, 3.8) is 0 Å². The molecule has 0 saturated carbocycles. The molecule has 3 N–H and O–H groups in total. The summed E-state index contributed by atoms with van der Waals surface area (Å²) in [6.07, 6.45) is 0. The fraction of sp³-hybridized carbons (Fsp3) is 0.167. The van der Waals surface area contributed by atoms with Crippen LogP contribution >= 0.6 is 23.1 Å². The van der Waals surface area contributed by atoms with E-state index in [1.165, 1.54) is 17.8 Å². The fourth-order valence-electron chi connectivity index (χ4n) is 1.42. The van der Waals surface area contributed by atoms with E-state index in [-0.39, 0.29) is 11.7 Å². The molecule has 1 heterocycles. The van der Waals surface area contributed by atoms with E-state index in [0.717, 1.165) is 10.0 Å². The van der Waals surface area contributed by atoms with Crippen LogP contribution in [-0.2, 0) is 5.75 Å². The van der Waals surface area contributed by atoms with E-state index in [1.807, 2.05) is 12.3 Å². The molecule has 1 aromatic heterocycles. The van der Waals surface area contributed by atoms with Crippen molar-refractivity contribution in [3.8, 4) is 0 Å². The first-order valence-electron chi connectivity index (χ1n) is 5.41. The third-order valence-electron chi connectivity index (χ3n) is 2.41. The Hall–Kier alpha value is -1.60. The average Bonchev–Trinajstić information content (AvgIpc) is 2.82. The molecule has 2 rings (SSSR count). The molecule has 0 amide bonds. The predicted molar refractivity (Wildman–Crippen MR) is 75.3 cm³/mol. The Labute approximate surface area is 118 Å². The zero-order valence-electron chi connectivity index (χ0n) is 10.1. The van der Waals surface area contributed by atoms with Gasteiger partial charge in [0.25, 0.3) is 0 Å². The van der Waals surface area contributed by atoms with Gasteiger partial charge in [0.05, 0.1) is 0 Å². The normalized spacial score (nSPS) is 11.8. The maximum absolute atomic E-state index is 13.8. The summed E-state index contributed by atoms with van der Waals surface area (Å²) in [5.74, 6) is 0.0217. The summed E-state index contributed by atoms with van der Waals surface area (Å²) in [7, 11) is 0. The maximum Gasteiger partial charge on any atom is 0.170 e. The van der Waals surface area contributed by atoms with E-state index >= 15 is 0 Å². The summed E-state index contributed by atoms with van der Waals surface area (Å²) in [4.78, 5) is 4.30. The van der Waals surface area contributed by atoms with Crippen molar-refractivity contribution in [2.24, 2.45) is 10.9 Å². The molecule has 4 nitrogen and oxygen atoms in total. The predicted octanol–water partition coefficient (Wildman–Crippen LogP) is 2.98. The molecular weight excluding hydrogens is 285 g/mol. The lowest BCUT2D eigenvalue weighted by Gasteiger charge is -2.04. The number of nitrogens with two attached hydrogens (primary N) is 1. The van der Waals surface area contributed by atoms with Crippen LogP contribution in [0.1, 0.15) is 16.8 Å². The first-order valence-corrected chi connectivity index (χ1v) is 7.28. The largest absolute Gasteiger partial charge is 0.409 e. The number of hydrogen-bond acceptors (Lipinski definition) is 5. The number of aromatic nitrogens is 1. The number of hydrogen-bond donors (Lipinski definition) is 2. The van der Waals surface area contributed by atoms with E-state index < -0.39 is 0 Å². The van der Waals surface area contributed by atoms with Crippen molar-refractivity contribution in [2.75, 3.05) is 0 Å². The van der Waals surface area contributed by atoms with Crippen molar-refractivity contribution in [3.05, 3.63) is 46.2 Å². The van der Waals surface area contributed by atoms with Gasteiger partial charge in [-0.15, -0.1) is 11.3 Å². The number of aryl methyl sites for hydroxylation is 1. The first-order chi connectivity index (χ1) is 9.10. The van der Waals surface area contributed by atoms with Gasteiger partial charge in [-0.25, -0.2) is 9.37 Å². The standard InChI is InChI=1S/C12H12FN3OS2/c1-7-5-18-12(15-7)19-6-9-3-2-8(4-10(9)13)11(14)16-17/h2-5,17H,6H2,1H3,(H2,14,16). The summed E-state index contributed by atoms with van der Waals surface area (Å²) < 4.78 is 14.7. The molecule has 7 heteroatoms. The molecule has 0 aliphatic rings. The molecule has 1 aromatic carbocycles. The minimum Gasteiger partial charge on any atom is -0.409 e. The Morgan fingerprint density at radius 3 is 2.95 bits per heavy atom. The highest BCUT2D eigenvalue weighted by Gasteiger charge is 2.08. The fourth-order valence-corrected chi connectivity index (χ4v) is 3.26. The van der Waals surface area contributed by atoms with Gasteiger partial charge in [0.2, 0.25) is 0 Å². The summed E-state index contributed by atoms with van der Waals surface area (Å²) in [6, 6.07) is 4.52. The number of thioether (sulfide) groups is 1. The second-order valence-electron chi connectivity index (χ2n) is 3.83. The minimum atomic E-state index is -0.370. The maximum atomic E-state index is 13.8. The summed E-state index contributed by atoms with van der Waals surface area (Å²) >= 11 is 3.03. The number of benzene rings is 1. The molecule has 0 aliphatic heterocycles. The van der Waals surface area contributed by atoms with Crippen molar-refractivity contribution in [1.29, 1.82) is 0 Å². The van der Waals surface area contributed by atoms with Crippen molar-refractivity contribution < 1.29 is 9.60 Å². The summed E-state index contributed by atoms with van der Waals surface area (Å²) in [6.45, 7) is 1.92. The molecule has 0 bridgehead atoms. The van der Waals surface area contributed by atoms with Crippen LogP contribution in [0.2, 0.25) is 0 Å². The highest BCUT2D eigenvalue weighted by Crippen LogP contribution is 2.27. The molecule has 2 aromatic rings. The lowest BCUT2D eigenvalue weighted by atomic mass is 10.1. The SMILES string of the molecule is Cc1csc(SCc2ccc(/C(N)=N/O)cc2F)n1. The smallest absolute Gasteiger partial charge is 0.170 e. The molecule has 100 valence electrons. The molecule has 0 atom stereocenters. The Morgan fingerprint density at radius 2 is 2.37 bits per heavy atom. The topological polar surface area (TPSA) is 71.5 Å². The number of oxime groups is 1. The van der Waals surface area contributed by atoms with Gasteiger partial charge in [0, 0.05) is 22.4 Å². The van der Waals surface area contributed by atoms with Crippen molar-refractivity contribution in [1.82, 2.24) is 4.98 Å². The second kappa shape index (κ2) is 6.03. The van der Waals surface area contributed by atoms with Gasteiger partial charge in [0.15, 0.2) is 5.84 Å². The van der Waals surface area contributed by atoms with E-state index in [4.69, 9.17) is 10.9 Å². The third-order valence-corrected chi connectivity index (χ3v) is 4.59. The molecule has 19 heavy (non-hydrogen) atoms. The van der Waals surface area contributed by atoms with Gasteiger partial charge in [-0.3, -0.25) is 0 Å². The Morgan fingerprint density at radius 1 is 1.58 bits per heavy atom. The zero-order valence-corrected chi connectivity index (χ0v) is 11.8. The van der Waals surface area contributed by atoms with Crippen LogP contribution in [0.15, 0.2) is 33.1 Å². The molecule has 0 unspecified atom stereocenters. The lowest BCUT2D eigenvalue weighted by Crippen LogP contribution is -2.13. The average molecular weight is 297 g/mol. The van der Waals surface area contributed by atoms with Crippen molar-refractivity contribution >= 4 is 28.9 Å². The van der Waals surface area contributed by atoms with Gasteiger partial charge in [-0.05, 0) is 18.6 Å². The van der Waals surface area contributed by atoms with Crippen molar-refractivity contribution in [2.45, 2.75) is 17.0 Å². The second-order valence-corrected chi connectivity index (χ2v) is 5.92. The Bertz CT molecular complexity index is 613. The Kier molecular flexibility index (Phi) is 4.39. The van der Waals surface area contributed by atoms with Crippen LogP contribution < -0.4 is 5.73 Å². The molecule has 0 saturated heterocycles. The van der Waals surface area contributed by atoms with Crippen LogP contribution in [-0.4, -0.2) is 16.0 Å². The summed E-state index contributed by atoms with van der Waals surface area (Å²) in [5, 5.41) is 13.3. The van der Waals surface area contributed by atoms with Crippen LogP contribution in [0.4, 0.5) is 4.39 Å². The molecule has 0 aliphatic carbocycles. The van der Waals surface area contributed by atoms with Crippen LogP contribution in [0.25, 0.3) is 0 Å². The first kappa shape index (κ1) is 13.8. The van der Waals surface area contributed by atoms with E-state index in [1.54, 1.807) is 23.5 Å². The number of thiazole rings is 1. The molecular formula is C12H12FN3OS2. The van der Waals surface area contributed by atoms with Gasteiger partial charge in [-0.1, -0.05) is 29.1 Å². The van der Waals surface area contributed by atoms with Gasteiger partial charge in [-0.2, -0.15) is 0 Å². The van der Waals surface area contributed by atoms with Crippen LogP contribution in [0.3, 0.4) is 0 Å². The molecule has 0 radical (unpaired) electrons. The number of nitrogens with zero attached hydrogens (tertiary/aromatic N) is 2. The van der Waals surface area contributed by atoms with Gasteiger partial charge < -0.3 is 10.9 Å². The van der Waals surface area contributed by atoms with Gasteiger partial charge >= 0.3 is 0 Å². The number of amidine groups is 1. The van der Waals surface area contributed by atoms with Gasteiger partial charge in [0.1, 0.15) is 10.2 Å². The quantitative estimate of drug-likeness (QED) is 0.299. The van der Waals surface area contributed by atoms with E-state index in [0.29, 0.717) is 16.9 Å². The highest BCUT2D eigenvalue weighted by atomic mass is 32.2. The zero-order chi connectivity index (χ0) is 13.8. The monoisotopic (exact) mass is 297 g/mol. The Balaban J connectivity index is 2.09. The number of halogens is 1. The highest BCUT2D eigenvalue weighted by molar-refractivity contribution is 8.00. The lowest BCUT2D eigenvalue weighted by molar-refractivity contribution is 0.318. The third kappa shape index (κ3) is 3.45. The van der Waals surface area contributed by atoms with Crippen LogP contribution in [0, 0.1) is 12.7 Å². The number of rotatable bonds is 4. The molecule has 0 spiro atoms. The minimum absolute atomic E-state index is 0.103. The van der Waals surface area contributed by atoms with E-state index in [2.05, 4.69) is 10.1 Å². The van der Waals surface area contributed by atoms with E-state index in [9.17, 15) is 4.39 Å². The molecule has 0 fully saturated rings. The van der Waals surface area contributed by atoms with Crippen LogP contribution in [0.5, 0.6) is 0 Å². The summed E-state index contributed by atoms with van der Waals surface area (Å²) in [5.41, 5.74) is 7.29.